The highest BCUT2D eigenvalue weighted by atomic mass is 35.5. The van der Waals surface area contributed by atoms with Crippen LogP contribution in [0.25, 0.3) is 10.8 Å². The van der Waals surface area contributed by atoms with Gasteiger partial charge in [0.05, 0.1) is 16.5 Å². The van der Waals surface area contributed by atoms with Gasteiger partial charge < -0.3 is 4.74 Å². The third kappa shape index (κ3) is 5.74. The number of hydrogen-bond acceptors (Lipinski definition) is 5. The van der Waals surface area contributed by atoms with Gasteiger partial charge in [0.1, 0.15) is 11.7 Å². The van der Waals surface area contributed by atoms with Crippen molar-refractivity contribution in [3.8, 4) is 0 Å². The van der Waals surface area contributed by atoms with Crippen LogP contribution < -0.4 is 0 Å². The number of aromatic nitrogens is 1. The van der Waals surface area contributed by atoms with Gasteiger partial charge in [0, 0.05) is 23.5 Å². The Balaban J connectivity index is 1.97. The Kier molecular flexibility index (Phi) is 7.89. The van der Waals surface area contributed by atoms with Crippen molar-refractivity contribution in [2.24, 2.45) is 0 Å². The van der Waals surface area contributed by atoms with Gasteiger partial charge >= 0.3 is 5.97 Å². The fourth-order valence-electron chi connectivity index (χ4n) is 3.00. The molecule has 0 aliphatic carbocycles. The highest BCUT2D eigenvalue weighted by molar-refractivity contribution is 7.89. The molecule has 3 aromatic rings. The quantitative estimate of drug-likeness (QED) is 0.242. The molecule has 0 saturated carbocycles. The number of sulfonamides is 1. The fourth-order valence-corrected chi connectivity index (χ4v) is 4.82. The zero-order valence-corrected chi connectivity index (χ0v) is 19.3. The normalized spacial score (nSPS) is 11.7. The number of hydrogen-bond donors (Lipinski definition) is 0. The van der Waals surface area contributed by atoms with Crippen LogP contribution >= 0.6 is 23.2 Å². The van der Waals surface area contributed by atoms with E-state index in [2.05, 4.69) is 4.98 Å². The maximum atomic E-state index is 13.5. The minimum Gasteiger partial charge on any atom is -0.465 e. The number of pyridine rings is 1. The van der Waals surface area contributed by atoms with Gasteiger partial charge in [-0.25, -0.2) is 13.4 Å². The van der Waals surface area contributed by atoms with Crippen molar-refractivity contribution in [3.05, 3.63) is 70.5 Å². The molecule has 0 bridgehead atoms. The first kappa shape index (κ1) is 23.5. The number of fused-ring (bicyclic) bond motifs is 1. The van der Waals surface area contributed by atoms with Crippen LogP contribution in [0, 0.1) is 0 Å². The summed E-state index contributed by atoms with van der Waals surface area (Å²) >= 11 is 12.3. The summed E-state index contributed by atoms with van der Waals surface area (Å²) in [7, 11) is -4.04. The Labute approximate surface area is 191 Å². The van der Waals surface area contributed by atoms with Gasteiger partial charge in [-0.1, -0.05) is 72.9 Å². The summed E-state index contributed by atoms with van der Waals surface area (Å²) < 4.78 is 33.2. The molecule has 0 spiro atoms. The maximum absolute atomic E-state index is 13.5. The molecule has 0 atom stereocenters. The highest BCUT2D eigenvalue weighted by Gasteiger charge is 2.28. The Morgan fingerprint density at radius 3 is 2.55 bits per heavy atom. The first-order valence-electron chi connectivity index (χ1n) is 9.76. The van der Waals surface area contributed by atoms with Gasteiger partial charge in [0.2, 0.25) is 10.0 Å². The third-order valence-electron chi connectivity index (χ3n) is 4.67. The Morgan fingerprint density at radius 2 is 1.84 bits per heavy atom. The zero-order chi connectivity index (χ0) is 22.4. The standard InChI is InChI=1S/C22H22Cl2N2O4S/c1-2-3-11-30-21(27)15-26(14-16-7-5-4-6-8-16)31(28,29)17-9-10-18-19(12-17)22(24)25-13-20(18)23/h4-10,12-13H,2-3,11,14-15H2,1H3. The van der Waals surface area contributed by atoms with Crippen molar-refractivity contribution < 1.29 is 17.9 Å². The average Bonchev–Trinajstić information content (AvgIpc) is 2.76. The van der Waals surface area contributed by atoms with Gasteiger partial charge in [0.15, 0.2) is 0 Å². The number of benzene rings is 2. The van der Waals surface area contributed by atoms with E-state index in [1.807, 2.05) is 25.1 Å². The van der Waals surface area contributed by atoms with E-state index >= 15 is 0 Å². The molecule has 9 heteroatoms. The van der Waals surface area contributed by atoms with Crippen LogP contribution in [0.15, 0.2) is 59.6 Å². The van der Waals surface area contributed by atoms with Gasteiger partial charge in [-0.2, -0.15) is 4.31 Å². The van der Waals surface area contributed by atoms with Crippen molar-refractivity contribution in [2.75, 3.05) is 13.2 Å². The molecule has 0 N–H and O–H groups in total. The molecule has 0 unspecified atom stereocenters. The molecule has 164 valence electrons. The summed E-state index contributed by atoms with van der Waals surface area (Å²) in [5.74, 6) is -0.600. The Hall–Kier alpha value is -2.19. The van der Waals surface area contributed by atoms with Crippen molar-refractivity contribution in [1.82, 2.24) is 9.29 Å². The number of unbranched alkanes of at least 4 members (excludes halogenated alkanes) is 1. The van der Waals surface area contributed by atoms with E-state index in [0.29, 0.717) is 22.2 Å². The molecule has 1 aromatic heterocycles. The van der Waals surface area contributed by atoms with E-state index in [-0.39, 0.29) is 23.2 Å². The first-order chi connectivity index (χ1) is 14.8. The number of esters is 1. The Bertz CT molecular complexity index is 1170. The van der Waals surface area contributed by atoms with E-state index in [1.165, 1.54) is 18.3 Å². The molecule has 0 fully saturated rings. The smallest absolute Gasteiger partial charge is 0.321 e. The first-order valence-corrected chi connectivity index (χ1v) is 12.0. The summed E-state index contributed by atoms with van der Waals surface area (Å²) in [6.45, 7) is 1.85. The number of halogens is 2. The lowest BCUT2D eigenvalue weighted by molar-refractivity contribution is -0.144. The number of carbonyl (C=O) groups is 1. The topological polar surface area (TPSA) is 76.6 Å². The molecular weight excluding hydrogens is 459 g/mol. The molecule has 2 aromatic carbocycles. The van der Waals surface area contributed by atoms with Crippen molar-refractivity contribution in [3.63, 3.8) is 0 Å². The Morgan fingerprint density at radius 1 is 1.10 bits per heavy atom. The molecule has 0 amide bonds. The molecule has 0 aliphatic heterocycles. The summed E-state index contributed by atoms with van der Waals surface area (Å²) in [5.41, 5.74) is 0.746. The molecule has 6 nitrogen and oxygen atoms in total. The van der Waals surface area contributed by atoms with Crippen molar-refractivity contribution in [2.45, 2.75) is 31.2 Å². The van der Waals surface area contributed by atoms with Crippen LogP contribution in [-0.2, 0) is 26.1 Å². The van der Waals surface area contributed by atoms with Gasteiger partial charge in [0.25, 0.3) is 0 Å². The van der Waals surface area contributed by atoms with Crippen LogP contribution in [0.2, 0.25) is 10.2 Å². The lowest BCUT2D eigenvalue weighted by atomic mass is 10.2. The average molecular weight is 481 g/mol. The van der Waals surface area contributed by atoms with E-state index in [9.17, 15) is 13.2 Å². The second-order valence-corrected chi connectivity index (χ2v) is 9.64. The lowest BCUT2D eigenvalue weighted by Crippen LogP contribution is -2.36. The summed E-state index contributed by atoms with van der Waals surface area (Å²) in [6, 6.07) is 13.5. The lowest BCUT2D eigenvalue weighted by Gasteiger charge is -2.22. The molecule has 0 aliphatic rings. The molecule has 1 heterocycles. The molecule has 3 rings (SSSR count). The van der Waals surface area contributed by atoms with E-state index in [0.717, 1.165) is 16.3 Å². The molecule has 0 radical (unpaired) electrons. The second kappa shape index (κ2) is 10.4. The van der Waals surface area contributed by atoms with Crippen molar-refractivity contribution >= 4 is 50.0 Å². The van der Waals surface area contributed by atoms with E-state index < -0.39 is 22.5 Å². The van der Waals surface area contributed by atoms with Gasteiger partial charge in [-0.15, -0.1) is 0 Å². The third-order valence-corrected chi connectivity index (χ3v) is 7.06. The summed E-state index contributed by atoms with van der Waals surface area (Å²) in [6.07, 6.45) is 3.00. The maximum Gasteiger partial charge on any atom is 0.321 e. The SMILES string of the molecule is CCCCOC(=O)CN(Cc1ccccc1)S(=O)(=O)c1ccc2c(Cl)cnc(Cl)c2c1. The van der Waals surface area contributed by atoms with Gasteiger partial charge in [-0.05, 0) is 24.1 Å². The molecular formula is C22H22Cl2N2O4S. The number of rotatable bonds is 9. The van der Waals surface area contributed by atoms with Crippen molar-refractivity contribution in [1.29, 1.82) is 0 Å². The predicted octanol–water partition coefficient (Wildman–Crippen LogP) is 5.08. The predicted molar refractivity (Wildman–Crippen MR) is 122 cm³/mol. The monoisotopic (exact) mass is 480 g/mol. The van der Waals surface area contributed by atoms with Crippen LogP contribution in [-0.4, -0.2) is 36.8 Å². The van der Waals surface area contributed by atoms with Gasteiger partial charge in [-0.3, -0.25) is 4.79 Å². The van der Waals surface area contributed by atoms with Crippen LogP contribution in [0.1, 0.15) is 25.3 Å². The summed E-state index contributed by atoms with van der Waals surface area (Å²) in [4.78, 5) is 16.3. The second-order valence-electron chi connectivity index (χ2n) is 6.94. The van der Waals surface area contributed by atoms with Crippen LogP contribution in [0.3, 0.4) is 0 Å². The minimum atomic E-state index is -4.04. The molecule has 31 heavy (non-hydrogen) atoms. The minimum absolute atomic E-state index is 0.0109. The zero-order valence-electron chi connectivity index (χ0n) is 16.9. The highest BCUT2D eigenvalue weighted by Crippen LogP contribution is 2.31. The van der Waals surface area contributed by atoms with Crippen LogP contribution in [0.4, 0.5) is 0 Å². The fraction of sp³-hybridized carbons (Fsp3) is 0.273. The number of carbonyl (C=O) groups excluding carboxylic acids is 1. The van der Waals surface area contributed by atoms with Crippen LogP contribution in [0.5, 0.6) is 0 Å². The number of nitrogens with zero attached hydrogens (tertiary/aromatic N) is 2. The largest absolute Gasteiger partial charge is 0.465 e. The van der Waals surface area contributed by atoms with E-state index in [1.54, 1.807) is 18.2 Å². The van der Waals surface area contributed by atoms with E-state index in [4.69, 9.17) is 27.9 Å². The summed E-state index contributed by atoms with van der Waals surface area (Å²) in [5, 5.41) is 1.52. The molecule has 0 saturated heterocycles. The number of ether oxygens (including phenoxy) is 1.